The van der Waals surface area contributed by atoms with Crippen molar-refractivity contribution in [3.05, 3.63) is 0 Å². The fraction of sp³-hybridized carbons (Fsp3) is 1.00. The minimum Gasteiger partial charge on any atom is -0.394 e. The molecule has 0 unspecified atom stereocenters. The molecule has 7 aliphatic rings. The molecule has 456 valence electrons. The van der Waals surface area contributed by atoms with E-state index in [-0.39, 0.29) is 0 Å². The van der Waals surface area contributed by atoms with Crippen molar-refractivity contribution in [2.24, 2.45) is 0 Å². The number of ether oxygens (including phenoxy) is 13. The molecule has 0 spiro atoms. The van der Waals surface area contributed by atoms with E-state index in [1.54, 1.807) is 0 Å². The van der Waals surface area contributed by atoms with E-state index in [1.807, 2.05) is 0 Å². The van der Waals surface area contributed by atoms with Crippen LogP contribution in [0.25, 0.3) is 0 Å². The van der Waals surface area contributed by atoms with E-state index in [2.05, 4.69) is 0 Å². The van der Waals surface area contributed by atoms with E-state index >= 15 is 0 Å². The van der Waals surface area contributed by atoms with Crippen LogP contribution in [0.1, 0.15) is 0 Å². The summed E-state index contributed by atoms with van der Waals surface area (Å²) in [5.41, 5.74) is 0. The van der Waals surface area contributed by atoms with E-state index in [0.29, 0.717) is 0 Å². The Morgan fingerprint density at radius 1 is 0.192 bits per heavy atom. The molecule has 0 aromatic rings. The fourth-order valence-corrected chi connectivity index (χ4v) is 10.00. The normalized spacial score (nSPS) is 53.5. The fourth-order valence-electron chi connectivity index (χ4n) is 10.00. The molecule has 0 saturated carbocycles. The highest BCUT2D eigenvalue weighted by atomic mass is 16.8. The summed E-state index contributed by atoms with van der Waals surface area (Å²) < 4.78 is 71.8. The van der Waals surface area contributed by atoms with Crippen molar-refractivity contribution in [2.75, 3.05) is 46.2 Å². The highest BCUT2D eigenvalue weighted by Gasteiger charge is 2.58. The second-order valence-corrected chi connectivity index (χ2v) is 19.6. The maximum absolute atomic E-state index is 11.5. The molecule has 0 aliphatic carbocycles. The lowest BCUT2D eigenvalue weighted by Crippen LogP contribution is -2.68. The average molecular weight is 1150 g/mol. The van der Waals surface area contributed by atoms with E-state index < -0.39 is 261 Å². The molecule has 7 saturated heterocycles. The Bertz CT molecular complexity index is 1810. The lowest BCUT2D eigenvalue weighted by molar-refractivity contribution is -0.398. The van der Waals surface area contributed by atoms with Crippen molar-refractivity contribution in [3.8, 4) is 0 Å². The van der Waals surface area contributed by atoms with Gasteiger partial charge in [-0.1, -0.05) is 0 Å². The van der Waals surface area contributed by atoms with Crippen molar-refractivity contribution in [3.63, 3.8) is 0 Å². The molecule has 7 aliphatic heterocycles. The molecular formula is C42H72O36. The summed E-state index contributed by atoms with van der Waals surface area (Å²) in [6.07, 6.45) is -68.1. The van der Waals surface area contributed by atoms with E-state index in [0.717, 1.165) is 0 Å². The van der Waals surface area contributed by atoms with Crippen molar-refractivity contribution in [1.82, 2.24) is 0 Å². The van der Waals surface area contributed by atoms with E-state index in [1.165, 1.54) is 0 Å². The first-order valence-corrected chi connectivity index (χ1v) is 24.7. The van der Waals surface area contributed by atoms with Crippen LogP contribution in [0.2, 0.25) is 0 Å². The molecular weight excluding hydrogens is 1080 g/mol. The molecule has 23 N–H and O–H groups in total. The Kier molecular flexibility index (Phi) is 22.6. The summed E-state index contributed by atoms with van der Waals surface area (Å²) >= 11 is 0. The predicted octanol–water partition coefficient (Wildman–Crippen LogP) is -16.3. The van der Waals surface area contributed by atoms with Gasteiger partial charge in [-0.2, -0.15) is 0 Å². The van der Waals surface area contributed by atoms with Gasteiger partial charge < -0.3 is 179 Å². The van der Waals surface area contributed by atoms with Gasteiger partial charge in [-0.15, -0.1) is 0 Å². The Balaban J connectivity index is 0.976. The van der Waals surface area contributed by atoms with Gasteiger partial charge in [-0.3, -0.25) is 0 Å². The molecule has 7 rings (SSSR count). The van der Waals surface area contributed by atoms with E-state index in [9.17, 15) is 117 Å². The van der Waals surface area contributed by atoms with Crippen LogP contribution in [0, 0.1) is 0 Å². The van der Waals surface area contributed by atoms with Crippen molar-refractivity contribution >= 4 is 0 Å². The monoisotopic (exact) mass is 1150 g/mol. The molecule has 0 radical (unpaired) electrons. The van der Waals surface area contributed by atoms with E-state index in [4.69, 9.17) is 61.6 Å². The van der Waals surface area contributed by atoms with Crippen LogP contribution < -0.4 is 0 Å². The van der Waals surface area contributed by atoms with Gasteiger partial charge in [0.1, 0.15) is 171 Å². The second kappa shape index (κ2) is 27.5. The van der Waals surface area contributed by atoms with Gasteiger partial charge >= 0.3 is 0 Å². The first-order chi connectivity index (χ1) is 37.0. The Hall–Kier alpha value is -1.44. The number of hydrogen-bond acceptors (Lipinski definition) is 36. The quantitative estimate of drug-likeness (QED) is 0.0571. The first-order valence-electron chi connectivity index (χ1n) is 24.7. The molecule has 35 atom stereocenters. The highest BCUT2D eigenvalue weighted by Crippen LogP contribution is 2.38. The van der Waals surface area contributed by atoms with Crippen LogP contribution in [-0.2, 0) is 61.6 Å². The molecule has 0 bridgehead atoms. The van der Waals surface area contributed by atoms with Crippen LogP contribution in [0.15, 0.2) is 0 Å². The van der Waals surface area contributed by atoms with Gasteiger partial charge in [-0.05, 0) is 0 Å². The zero-order chi connectivity index (χ0) is 57.3. The highest BCUT2D eigenvalue weighted by molar-refractivity contribution is 5.01. The van der Waals surface area contributed by atoms with Crippen LogP contribution >= 0.6 is 0 Å². The Morgan fingerprint density at radius 3 is 0.705 bits per heavy atom. The van der Waals surface area contributed by atoms with Crippen LogP contribution in [0.3, 0.4) is 0 Å². The summed E-state index contributed by atoms with van der Waals surface area (Å²) in [6, 6.07) is 0. The minimum absolute atomic E-state index is 0.846. The summed E-state index contributed by atoms with van der Waals surface area (Å²) in [5.74, 6) is 0. The molecule has 0 amide bonds. The number of rotatable bonds is 19. The van der Waals surface area contributed by atoms with Gasteiger partial charge in [0, 0.05) is 0 Å². The maximum Gasteiger partial charge on any atom is 0.187 e. The molecule has 36 heteroatoms. The summed E-state index contributed by atoms with van der Waals surface area (Å²) in [4.78, 5) is 0. The average Bonchev–Trinajstić information content (AvgIpc) is 3.44. The standard InChI is InChI=1S/C42H72O36/c43-1-8-15(50)18(53)23(58)37(67-8)73-30-11(4-46)69-38(24(59)19(30)54)75-32-13(6-48)72-41(27(62)22(32)57)78-35-17(52)10(3-45)68-42(29(35)64)76-33-14(7-49)70-39(25(60)20(33)55)74-31-12(5-47)71-40(26(61)21(31)56)77-34-16(51)9(2-44)66-36(65)28(34)63/h8-65H,1-7H2/t8-,9-,10-,11-,12-,13-,14-,15-,16-,17-,18+,19-,20-,21-,22-,23-,24-,25-,26-,27-,28-,29-,30-,31-,32-,33-,34+,35+,36-,37+,38+,39+,40+,41+,42+/m1/s1. The Labute approximate surface area is 439 Å². The van der Waals surface area contributed by atoms with Crippen LogP contribution in [0.4, 0.5) is 0 Å². The molecule has 7 heterocycles. The van der Waals surface area contributed by atoms with Crippen LogP contribution in [-0.4, -0.2) is 379 Å². The smallest absolute Gasteiger partial charge is 0.187 e. The molecule has 7 fully saturated rings. The zero-order valence-corrected chi connectivity index (χ0v) is 40.8. The maximum atomic E-state index is 11.5. The number of aliphatic hydroxyl groups excluding tert-OH is 23. The lowest BCUT2D eigenvalue weighted by Gasteiger charge is -2.50. The summed E-state index contributed by atoms with van der Waals surface area (Å²) in [6.45, 7) is -6.89. The molecule has 0 aromatic heterocycles. The van der Waals surface area contributed by atoms with Gasteiger partial charge in [0.15, 0.2) is 44.0 Å². The summed E-state index contributed by atoms with van der Waals surface area (Å²) in [5, 5.41) is 244. The minimum atomic E-state index is -2.26. The largest absolute Gasteiger partial charge is 0.394 e. The SMILES string of the molecule is OC[C@H]1O[C@@H](O[C@H]2[C@H](O)[C@@H](O)[C@H](O[C@H]3[C@H](O)[C@@H](O)[C@H](O[C@@H]4[C@@H](O)[C@H](O[C@H]5[C@H](O)[C@@H](O)[C@H](O[C@H]6[C@H](O)[C@@H](O)[C@H](O[C@@H]7[C@@H](O)[C@H](O)O[C@H](CO)[C@H]7O)O[C@@H]6CO)O[C@@H]5CO)O[C@H](CO)[C@H]4O)O[C@@H]3CO)O[C@@H]2CO)[C@H](O)[C@@H](O)[C@@H]1O. The third-order valence-corrected chi connectivity index (χ3v) is 14.5. The third kappa shape index (κ3) is 12.9. The number of aliphatic hydroxyl groups is 23. The topological polar surface area (TPSA) is 585 Å². The van der Waals surface area contributed by atoms with Crippen molar-refractivity contribution in [1.29, 1.82) is 0 Å². The molecule has 0 aromatic carbocycles. The van der Waals surface area contributed by atoms with Crippen LogP contribution in [0.5, 0.6) is 0 Å². The molecule has 36 nitrogen and oxygen atoms in total. The third-order valence-electron chi connectivity index (χ3n) is 14.5. The molecule has 78 heavy (non-hydrogen) atoms. The van der Waals surface area contributed by atoms with Gasteiger partial charge in [-0.25, -0.2) is 0 Å². The van der Waals surface area contributed by atoms with Crippen molar-refractivity contribution < 1.29 is 179 Å². The summed E-state index contributed by atoms with van der Waals surface area (Å²) in [7, 11) is 0. The van der Waals surface area contributed by atoms with Gasteiger partial charge in [0.25, 0.3) is 0 Å². The zero-order valence-electron chi connectivity index (χ0n) is 40.8. The second-order valence-electron chi connectivity index (χ2n) is 19.6. The Morgan fingerprint density at radius 2 is 0.410 bits per heavy atom. The van der Waals surface area contributed by atoms with Crippen molar-refractivity contribution in [2.45, 2.75) is 215 Å². The van der Waals surface area contributed by atoms with Gasteiger partial charge in [0.05, 0.1) is 46.2 Å². The predicted molar refractivity (Wildman–Crippen MR) is 232 cm³/mol. The van der Waals surface area contributed by atoms with Gasteiger partial charge in [0.2, 0.25) is 0 Å². The lowest BCUT2D eigenvalue weighted by atomic mass is 9.95. The first kappa shape index (κ1) is 64.1. The number of hydrogen-bond donors (Lipinski definition) is 23.